The first-order valence-electron chi connectivity index (χ1n) is 9.25. The first-order valence-corrected chi connectivity index (χ1v) is 9.63. The Bertz CT molecular complexity index is 968. The van der Waals surface area contributed by atoms with E-state index in [9.17, 15) is 4.79 Å². The van der Waals surface area contributed by atoms with E-state index in [1.807, 2.05) is 61.5 Å². The minimum Gasteiger partial charge on any atom is -0.497 e. The third-order valence-electron chi connectivity index (χ3n) is 4.34. The van der Waals surface area contributed by atoms with Gasteiger partial charge in [-0.15, -0.1) is 0 Å². The number of methoxy groups -OCH3 is 1. The second kappa shape index (κ2) is 9.80. The van der Waals surface area contributed by atoms with E-state index >= 15 is 0 Å². The number of hydrogen-bond donors (Lipinski definition) is 1. The molecule has 3 aromatic carbocycles. The van der Waals surface area contributed by atoms with Crippen LogP contribution in [-0.4, -0.2) is 19.7 Å². The number of urea groups is 1. The highest BCUT2D eigenvalue weighted by Gasteiger charge is 2.17. The minimum atomic E-state index is -0.224. The van der Waals surface area contributed by atoms with Crippen LogP contribution in [0.3, 0.4) is 0 Å². The quantitative estimate of drug-likeness (QED) is 0.508. The Kier molecular flexibility index (Phi) is 6.93. The molecule has 3 rings (SSSR count). The molecule has 0 saturated heterocycles. The SMILES string of the molecule is COc1ccc(N(CC(C)=Cc2ccccc2)C(=O)Nc2ccc(Cl)cc2)cc1. The lowest BCUT2D eigenvalue weighted by molar-refractivity contribution is 0.257. The van der Waals surface area contributed by atoms with E-state index in [2.05, 4.69) is 11.4 Å². The minimum absolute atomic E-state index is 0.224. The van der Waals surface area contributed by atoms with Crippen LogP contribution in [0.2, 0.25) is 5.02 Å². The molecule has 0 aliphatic carbocycles. The molecule has 0 atom stereocenters. The van der Waals surface area contributed by atoms with Crippen LogP contribution in [0.1, 0.15) is 12.5 Å². The van der Waals surface area contributed by atoms with Crippen molar-refractivity contribution in [2.45, 2.75) is 6.92 Å². The van der Waals surface area contributed by atoms with Crippen LogP contribution in [-0.2, 0) is 0 Å². The van der Waals surface area contributed by atoms with Crippen molar-refractivity contribution >= 4 is 35.1 Å². The molecular weight excluding hydrogens is 384 g/mol. The summed E-state index contributed by atoms with van der Waals surface area (Å²) in [5.41, 5.74) is 3.61. The van der Waals surface area contributed by atoms with Gasteiger partial charge in [0.25, 0.3) is 0 Å². The summed E-state index contributed by atoms with van der Waals surface area (Å²) in [5.74, 6) is 0.739. The van der Waals surface area contributed by atoms with Gasteiger partial charge in [0, 0.05) is 22.9 Å². The fraction of sp³-hybridized carbons (Fsp3) is 0.125. The molecule has 0 heterocycles. The number of amides is 2. The van der Waals surface area contributed by atoms with Crippen LogP contribution in [0.25, 0.3) is 6.08 Å². The second-order valence-corrected chi connectivity index (χ2v) is 7.06. The molecule has 0 aliphatic heterocycles. The van der Waals surface area contributed by atoms with Gasteiger partial charge in [-0.2, -0.15) is 0 Å². The summed E-state index contributed by atoms with van der Waals surface area (Å²) >= 11 is 5.94. The molecule has 148 valence electrons. The topological polar surface area (TPSA) is 41.6 Å². The molecule has 0 spiro atoms. The number of rotatable bonds is 6. The zero-order valence-electron chi connectivity index (χ0n) is 16.4. The van der Waals surface area contributed by atoms with E-state index in [1.54, 1.807) is 36.3 Å². The maximum absolute atomic E-state index is 13.1. The molecule has 3 aromatic rings. The van der Waals surface area contributed by atoms with Crippen molar-refractivity contribution in [2.75, 3.05) is 23.9 Å². The first-order chi connectivity index (χ1) is 14.0. The number of ether oxygens (including phenoxy) is 1. The molecule has 5 heteroatoms. The van der Waals surface area contributed by atoms with Crippen LogP contribution in [0, 0.1) is 0 Å². The fourth-order valence-corrected chi connectivity index (χ4v) is 3.02. The van der Waals surface area contributed by atoms with E-state index in [0.717, 1.165) is 22.6 Å². The van der Waals surface area contributed by atoms with Gasteiger partial charge in [-0.25, -0.2) is 4.79 Å². The van der Waals surface area contributed by atoms with Crippen molar-refractivity contribution in [1.29, 1.82) is 0 Å². The van der Waals surface area contributed by atoms with Crippen LogP contribution < -0.4 is 15.0 Å². The Morgan fingerprint density at radius 1 is 1.00 bits per heavy atom. The summed E-state index contributed by atoms with van der Waals surface area (Å²) in [6.07, 6.45) is 2.08. The van der Waals surface area contributed by atoms with Crippen molar-refractivity contribution < 1.29 is 9.53 Å². The lowest BCUT2D eigenvalue weighted by Gasteiger charge is -2.24. The van der Waals surface area contributed by atoms with Gasteiger partial charge in [-0.3, -0.25) is 4.90 Å². The number of hydrogen-bond acceptors (Lipinski definition) is 2. The number of anilines is 2. The van der Waals surface area contributed by atoms with Crippen molar-refractivity contribution in [1.82, 2.24) is 0 Å². The fourth-order valence-electron chi connectivity index (χ4n) is 2.90. The molecule has 0 unspecified atom stereocenters. The van der Waals surface area contributed by atoms with Gasteiger partial charge in [0.2, 0.25) is 0 Å². The zero-order chi connectivity index (χ0) is 20.6. The maximum atomic E-state index is 13.1. The predicted molar refractivity (Wildman–Crippen MR) is 121 cm³/mol. The lowest BCUT2D eigenvalue weighted by atomic mass is 10.1. The van der Waals surface area contributed by atoms with Gasteiger partial charge in [0.1, 0.15) is 5.75 Å². The number of nitrogens with one attached hydrogen (secondary N) is 1. The highest BCUT2D eigenvalue weighted by molar-refractivity contribution is 6.30. The van der Waals surface area contributed by atoms with E-state index in [-0.39, 0.29) is 6.03 Å². The van der Waals surface area contributed by atoms with Gasteiger partial charge >= 0.3 is 6.03 Å². The van der Waals surface area contributed by atoms with E-state index in [1.165, 1.54) is 0 Å². The van der Waals surface area contributed by atoms with Gasteiger partial charge in [-0.05, 0) is 61.0 Å². The molecule has 1 N–H and O–H groups in total. The molecule has 0 saturated carbocycles. The standard InChI is InChI=1S/C24H23ClN2O2/c1-18(16-19-6-4-3-5-7-19)17-27(22-12-14-23(29-2)15-13-22)24(28)26-21-10-8-20(25)9-11-21/h3-16H,17H2,1-2H3,(H,26,28). The third kappa shape index (κ3) is 5.87. The van der Waals surface area contributed by atoms with Gasteiger partial charge < -0.3 is 10.1 Å². The third-order valence-corrected chi connectivity index (χ3v) is 4.60. The summed E-state index contributed by atoms with van der Waals surface area (Å²) in [7, 11) is 1.62. The summed E-state index contributed by atoms with van der Waals surface area (Å²) in [6, 6.07) is 24.3. The van der Waals surface area contributed by atoms with Crippen LogP contribution in [0.15, 0.2) is 84.4 Å². The lowest BCUT2D eigenvalue weighted by Crippen LogP contribution is -2.36. The first kappa shape index (κ1) is 20.5. The second-order valence-electron chi connectivity index (χ2n) is 6.62. The monoisotopic (exact) mass is 406 g/mol. The average Bonchev–Trinajstić information content (AvgIpc) is 2.74. The van der Waals surface area contributed by atoms with Crippen molar-refractivity contribution in [3.05, 3.63) is 95.0 Å². The molecule has 0 aliphatic rings. The number of halogens is 1. The van der Waals surface area contributed by atoms with E-state index in [4.69, 9.17) is 16.3 Å². The Hall–Kier alpha value is -3.24. The zero-order valence-corrected chi connectivity index (χ0v) is 17.2. The molecule has 0 fully saturated rings. The Morgan fingerprint density at radius 3 is 2.28 bits per heavy atom. The molecular formula is C24H23ClN2O2. The molecule has 0 bridgehead atoms. The van der Waals surface area contributed by atoms with Crippen LogP contribution in [0.4, 0.5) is 16.2 Å². The van der Waals surface area contributed by atoms with Crippen LogP contribution >= 0.6 is 11.6 Å². The van der Waals surface area contributed by atoms with Gasteiger partial charge in [0.15, 0.2) is 0 Å². The van der Waals surface area contributed by atoms with Gasteiger partial charge in [0.05, 0.1) is 7.11 Å². The van der Waals surface area contributed by atoms with E-state index < -0.39 is 0 Å². The molecule has 29 heavy (non-hydrogen) atoms. The van der Waals surface area contributed by atoms with E-state index in [0.29, 0.717) is 17.3 Å². The predicted octanol–water partition coefficient (Wildman–Crippen LogP) is 6.49. The molecule has 0 aromatic heterocycles. The Labute approximate surface area is 176 Å². The maximum Gasteiger partial charge on any atom is 0.326 e. The normalized spacial score (nSPS) is 11.1. The highest BCUT2D eigenvalue weighted by atomic mass is 35.5. The number of carbonyl (C=O) groups is 1. The number of nitrogens with zero attached hydrogens (tertiary/aromatic N) is 1. The van der Waals surface area contributed by atoms with Crippen molar-refractivity contribution in [2.24, 2.45) is 0 Å². The summed E-state index contributed by atoms with van der Waals surface area (Å²) in [4.78, 5) is 14.8. The Morgan fingerprint density at radius 2 is 1.66 bits per heavy atom. The largest absolute Gasteiger partial charge is 0.497 e. The molecule has 2 amide bonds. The van der Waals surface area contributed by atoms with Crippen molar-refractivity contribution in [3.63, 3.8) is 0 Å². The van der Waals surface area contributed by atoms with Crippen molar-refractivity contribution in [3.8, 4) is 5.75 Å². The summed E-state index contributed by atoms with van der Waals surface area (Å²) < 4.78 is 5.23. The van der Waals surface area contributed by atoms with Gasteiger partial charge in [-0.1, -0.05) is 53.6 Å². The summed E-state index contributed by atoms with van der Waals surface area (Å²) in [6.45, 7) is 2.46. The Balaban J connectivity index is 1.84. The highest BCUT2D eigenvalue weighted by Crippen LogP contribution is 2.22. The molecule has 0 radical (unpaired) electrons. The smallest absolute Gasteiger partial charge is 0.326 e. The number of carbonyl (C=O) groups excluding carboxylic acids is 1. The molecule has 4 nitrogen and oxygen atoms in total. The summed E-state index contributed by atoms with van der Waals surface area (Å²) in [5, 5.41) is 3.56. The average molecular weight is 407 g/mol. The number of benzene rings is 3. The van der Waals surface area contributed by atoms with Crippen LogP contribution in [0.5, 0.6) is 5.75 Å².